The van der Waals surface area contributed by atoms with Gasteiger partial charge in [-0.15, -0.1) is 0 Å². The van der Waals surface area contributed by atoms with Crippen LogP contribution in [0.4, 0.5) is 5.82 Å². The fourth-order valence-corrected chi connectivity index (χ4v) is 1.47. The van der Waals surface area contributed by atoms with Crippen molar-refractivity contribution in [2.45, 2.75) is 13.3 Å². The molecule has 0 radical (unpaired) electrons. The minimum atomic E-state index is -0.983. The SMILES string of the molecule is CCN(CCC#N)c1ccc(/C=C/C(=O)O)cn1. The van der Waals surface area contributed by atoms with Gasteiger partial charge in [0.25, 0.3) is 0 Å². The number of hydrogen-bond acceptors (Lipinski definition) is 4. The van der Waals surface area contributed by atoms with Crippen LogP contribution in [0.25, 0.3) is 6.08 Å². The van der Waals surface area contributed by atoms with Crippen LogP contribution in [0.5, 0.6) is 0 Å². The van der Waals surface area contributed by atoms with Crippen molar-refractivity contribution < 1.29 is 9.90 Å². The third-order valence-corrected chi connectivity index (χ3v) is 2.39. The van der Waals surface area contributed by atoms with E-state index in [0.29, 0.717) is 13.0 Å². The van der Waals surface area contributed by atoms with E-state index in [0.717, 1.165) is 24.0 Å². The zero-order valence-corrected chi connectivity index (χ0v) is 10.2. The van der Waals surface area contributed by atoms with Crippen LogP contribution in [0.2, 0.25) is 0 Å². The molecule has 18 heavy (non-hydrogen) atoms. The van der Waals surface area contributed by atoms with Crippen molar-refractivity contribution in [3.05, 3.63) is 30.0 Å². The molecule has 1 N–H and O–H groups in total. The van der Waals surface area contributed by atoms with E-state index in [1.165, 1.54) is 6.08 Å². The second-order valence-corrected chi connectivity index (χ2v) is 3.61. The lowest BCUT2D eigenvalue weighted by Gasteiger charge is -2.20. The van der Waals surface area contributed by atoms with E-state index in [9.17, 15) is 4.79 Å². The number of pyridine rings is 1. The summed E-state index contributed by atoms with van der Waals surface area (Å²) >= 11 is 0. The van der Waals surface area contributed by atoms with Crippen molar-refractivity contribution in [1.82, 2.24) is 4.98 Å². The number of hydrogen-bond donors (Lipinski definition) is 1. The van der Waals surface area contributed by atoms with Crippen LogP contribution in [0, 0.1) is 11.3 Å². The van der Waals surface area contributed by atoms with Gasteiger partial charge in [0.2, 0.25) is 0 Å². The Morgan fingerprint density at radius 2 is 2.39 bits per heavy atom. The van der Waals surface area contributed by atoms with Crippen LogP contribution in [-0.4, -0.2) is 29.1 Å². The first-order valence-electron chi connectivity index (χ1n) is 5.66. The minimum Gasteiger partial charge on any atom is -0.478 e. The van der Waals surface area contributed by atoms with E-state index < -0.39 is 5.97 Å². The number of rotatable bonds is 6. The monoisotopic (exact) mass is 245 g/mol. The molecule has 5 heteroatoms. The number of nitriles is 1. The van der Waals surface area contributed by atoms with E-state index in [1.807, 2.05) is 17.9 Å². The molecule has 1 aromatic heterocycles. The molecular formula is C13H15N3O2. The first-order valence-corrected chi connectivity index (χ1v) is 5.66. The normalized spacial score (nSPS) is 10.2. The number of aromatic nitrogens is 1. The highest BCUT2D eigenvalue weighted by molar-refractivity contribution is 5.85. The Hall–Kier alpha value is -2.35. The first kappa shape index (κ1) is 13.7. The van der Waals surface area contributed by atoms with Crippen molar-refractivity contribution in [1.29, 1.82) is 5.26 Å². The van der Waals surface area contributed by atoms with E-state index in [4.69, 9.17) is 10.4 Å². The summed E-state index contributed by atoms with van der Waals surface area (Å²) in [5, 5.41) is 17.1. The van der Waals surface area contributed by atoms with Gasteiger partial charge in [0.1, 0.15) is 5.82 Å². The van der Waals surface area contributed by atoms with E-state index in [-0.39, 0.29) is 0 Å². The molecule has 0 saturated carbocycles. The molecule has 1 rings (SSSR count). The predicted molar refractivity (Wildman–Crippen MR) is 69.0 cm³/mol. The zero-order chi connectivity index (χ0) is 13.4. The summed E-state index contributed by atoms with van der Waals surface area (Å²) in [5.74, 6) is -0.191. The highest BCUT2D eigenvalue weighted by atomic mass is 16.4. The molecule has 0 atom stereocenters. The molecule has 0 aliphatic rings. The molecule has 1 aromatic rings. The molecule has 0 spiro atoms. The van der Waals surface area contributed by atoms with Crippen LogP contribution < -0.4 is 4.90 Å². The van der Waals surface area contributed by atoms with Gasteiger partial charge < -0.3 is 10.0 Å². The highest BCUT2D eigenvalue weighted by Crippen LogP contribution is 2.12. The summed E-state index contributed by atoms with van der Waals surface area (Å²) in [4.78, 5) is 16.6. The minimum absolute atomic E-state index is 0.455. The number of nitrogens with zero attached hydrogens (tertiary/aromatic N) is 3. The largest absolute Gasteiger partial charge is 0.478 e. The first-order chi connectivity index (χ1) is 8.67. The maximum Gasteiger partial charge on any atom is 0.328 e. The summed E-state index contributed by atoms with van der Waals surface area (Å²) in [6.07, 6.45) is 4.63. The molecule has 0 aliphatic carbocycles. The van der Waals surface area contributed by atoms with Gasteiger partial charge in [-0.1, -0.05) is 0 Å². The molecule has 0 aromatic carbocycles. The molecule has 0 aliphatic heterocycles. The van der Waals surface area contributed by atoms with Gasteiger partial charge in [-0.3, -0.25) is 0 Å². The Kier molecular flexibility index (Phi) is 5.39. The van der Waals surface area contributed by atoms with Crippen LogP contribution in [-0.2, 0) is 4.79 Å². The van der Waals surface area contributed by atoms with Gasteiger partial charge in [-0.2, -0.15) is 5.26 Å². The summed E-state index contributed by atoms with van der Waals surface area (Å²) in [5.41, 5.74) is 0.734. The number of aliphatic carboxylic acids is 1. The van der Waals surface area contributed by atoms with Crippen molar-refractivity contribution in [3.63, 3.8) is 0 Å². The van der Waals surface area contributed by atoms with E-state index in [1.54, 1.807) is 12.3 Å². The molecular weight excluding hydrogens is 230 g/mol. The lowest BCUT2D eigenvalue weighted by molar-refractivity contribution is -0.131. The van der Waals surface area contributed by atoms with Crippen molar-refractivity contribution >= 4 is 17.9 Å². The molecule has 0 bridgehead atoms. The summed E-state index contributed by atoms with van der Waals surface area (Å²) < 4.78 is 0. The lowest BCUT2D eigenvalue weighted by atomic mass is 10.2. The summed E-state index contributed by atoms with van der Waals surface area (Å²) in [7, 11) is 0. The molecule has 0 fully saturated rings. The Morgan fingerprint density at radius 3 is 2.89 bits per heavy atom. The van der Waals surface area contributed by atoms with Gasteiger partial charge in [0, 0.05) is 25.4 Å². The van der Waals surface area contributed by atoms with Gasteiger partial charge in [-0.25, -0.2) is 9.78 Å². The molecule has 0 unspecified atom stereocenters. The quantitative estimate of drug-likeness (QED) is 0.775. The van der Waals surface area contributed by atoms with E-state index in [2.05, 4.69) is 11.1 Å². The predicted octanol–water partition coefficient (Wildman–Crippen LogP) is 1.92. The number of carbonyl (C=O) groups is 1. The molecule has 5 nitrogen and oxygen atoms in total. The van der Waals surface area contributed by atoms with Crippen LogP contribution in [0.1, 0.15) is 18.9 Å². The van der Waals surface area contributed by atoms with Crippen LogP contribution >= 0.6 is 0 Å². The molecule has 0 saturated heterocycles. The Balaban J connectivity index is 2.74. The fraction of sp³-hybridized carbons (Fsp3) is 0.308. The molecule has 94 valence electrons. The number of anilines is 1. The summed E-state index contributed by atoms with van der Waals surface area (Å²) in [6, 6.07) is 5.72. The Bertz CT molecular complexity index is 460. The Labute approximate surface area is 106 Å². The third-order valence-electron chi connectivity index (χ3n) is 2.39. The van der Waals surface area contributed by atoms with Gasteiger partial charge >= 0.3 is 5.97 Å². The smallest absolute Gasteiger partial charge is 0.328 e. The average Bonchev–Trinajstić information content (AvgIpc) is 2.38. The van der Waals surface area contributed by atoms with Crippen molar-refractivity contribution in [3.8, 4) is 6.07 Å². The van der Waals surface area contributed by atoms with Gasteiger partial charge in [0.05, 0.1) is 12.5 Å². The second-order valence-electron chi connectivity index (χ2n) is 3.61. The summed E-state index contributed by atoms with van der Waals surface area (Å²) in [6.45, 7) is 3.42. The topological polar surface area (TPSA) is 77.2 Å². The Morgan fingerprint density at radius 1 is 1.61 bits per heavy atom. The lowest BCUT2D eigenvalue weighted by Crippen LogP contribution is -2.24. The average molecular weight is 245 g/mol. The van der Waals surface area contributed by atoms with Crippen LogP contribution in [0.15, 0.2) is 24.4 Å². The van der Waals surface area contributed by atoms with Gasteiger partial charge in [-0.05, 0) is 30.7 Å². The number of carboxylic acids is 1. The zero-order valence-electron chi connectivity index (χ0n) is 10.2. The highest BCUT2D eigenvalue weighted by Gasteiger charge is 2.04. The fourth-order valence-electron chi connectivity index (χ4n) is 1.47. The maximum absolute atomic E-state index is 10.4. The molecule has 1 heterocycles. The third kappa shape index (κ3) is 4.26. The molecule has 0 amide bonds. The van der Waals surface area contributed by atoms with Gasteiger partial charge in [0.15, 0.2) is 0 Å². The van der Waals surface area contributed by atoms with Crippen molar-refractivity contribution in [2.24, 2.45) is 0 Å². The second kappa shape index (κ2) is 7.07. The van der Waals surface area contributed by atoms with E-state index >= 15 is 0 Å². The standard InChI is InChI=1S/C13H15N3O2/c1-2-16(9-3-8-14)12-6-4-11(10-15-12)5-7-13(17)18/h4-7,10H,2-3,9H2,1H3,(H,17,18)/b7-5+. The maximum atomic E-state index is 10.4. The van der Waals surface area contributed by atoms with Crippen molar-refractivity contribution in [2.75, 3.05) is 18.0 Å². The number of carboxylic acid groups (broad SMARTS) is 1. The van der Waals surface area contributed by atoms with Crippen LogP contribution in [0.3, 0.4) is 0 Å².